The summed E-state index contributed by atoms with van der Waals surface area (Å²) in [6, 6.07) is 7.58. The van der Waals surface area contributed by atoms with E-state index in [2.05, 4.69) is 0 Å². The van der Waals surface area contributed by atoms with Crippen LogP contribution < -0.4 is 0 Å². The van der Waals surface area contributed by atoms with Crippen molar-refractivity contribution in [1.29, 1.82) is 0 Å². The molecule has 17 heavy (non-hydrogen) atoms. The Morgan fingerprint density at radius 1 is 1.12 bits per heavy atom. The van der Waals surface area contributed by atoms with Crippen molar-refractivity contribution in [2.75, 3.05) is 11.5 Å². The van der Waals surface area contributed by atoms with Crippen LogP contribution in [0.15, 0.2) is 35.2 Å². The molecular weight excluding hydrogens is 264 g/mol. The molecule has 1 fully saturated rings. The summed E-state index contributed by atoms with van der Waals surface area (Å²) in [5.74, 6) is -0.991. The lowest BCUT2D eigenvalue weighted by atomic mass is 10.3. The van der Waals surface area contributed by atoms with Crippen LogP contribution in [0.3, 0.4) is 0 Å². The maximum Gasteiger partial charge on any atom is 0.184 e. The van der Waals surface area contributed by atoms with Gasteiger partial charge >= 0.3 is 0 Å². The number of sulfone groups is 2. The van der Waals surface area contributed by atoms with Gasteiger partial charge in [0, 0.05) is 0 Å². The summed E-state index contributed by atoms with van der Waals surface area (Å²) in [6.45, 7) is 0. The second-order valence-corrected chi connectivity index (χ2v) is 8.36. The molecule has 0 aromatic heterocycles. The highest BCUT2D eigenvalue weighted by atomic mass is 32.2. The van der Waals surface area contributed by atoms with Crippen molar-refractivity contribution in [2.24, 2.45) is 0 Å². The van der Waals surface area contributed by atoms with Gasteiger partial charge < -0.3 is 5.11 Å². The van der Waals surface area contributed by atoms with E-state index in [-0.39, 0.29) is 4.90 Å². The Morgan fingerprint density at radius 3 is 2.18 bits per heavy atom. The monoisotopic (exact) mass is 276 g/mol. The van der Waals surface area contributed by atoms with Crippen molar-refractivity contribution in [3.05, 3.63) is 30.3 Å². The van der Waals surface area contributed by atoms with Crippen molar-refractivity contribution >= 4 is 19.7 Å². The Kier molecular flexibility index (Phi) is 3.01. The van der Waals surface area contributed by atoms with Gasteiger partial charge in [-0.3, -0.25) is 0 Å². The summed E-state index contributed by atoms with van der Waals surface area (Å²) < 4.78 is 46.8. The molecule has 0 spiro atoms. The molecule has 1 heterocycles. The first kappa shape index (κ1) is 12.5. The molecule has 0 unspecified atom stereocenters. The maximum atomic E-state index is 12.1. The van der Waals surface area contributed by atoms with Crippen LogP contribution in [0.5, 0.6) is 0 Å². The molecule has 0 radical (unpaired) electrons. The highest BCUT2D eigenvalue weighted by Crippen LogP contribution is 2.25. The second kappa shape index (κ2) is 4.08. The zero-order chi connectivity index (χ0) is 12.7. The predicted molar refractivity (Wildman–Crippen MR) is 62.1 cm³/mol. The number of hydrogen-bond acceptors (Lipinski definition) is 5. The Morgan fingerprint density at radius 2 is 1.71 bits per heavy atom. The van der Waals surface area contributed by atoms with Gasteiger partial charge in [0.25, 0.3) is 0 Å². The van der Waals surface area contributed by atoms with E-state index in [1.165, 1.54) is 12.1 Å². The summed E-state index contributed by atoms with van der Waals surface area (Å²) >= 11 is 0. The molecule has 0 aliphatic carbocycles. The topological polar surface area (TPSA) is 88.5 Å². The van der Waals surface area contributed by atoms with E-state index in [9.17, 15) is 21.9 Å². The van der Waals surface area contributed by atoms with Crippen molar-refractivity contribution in [3.8, 4) is 0 Å². The molecular formula is C10H12O5S2. The van der Waals surface area contributed by atoms with E-state index in [4.69, 9.17) is 0 Å². The molecule has 0 bridgehead atoms. The van der Waals surface area contributed by atoms with E-state index in [1.54, 1.807) is 18.2 Å². The molecule has 5 nitrogen and oxygen atoms in total. The zero-order valence-electron chi connectivity index (χ0n) is 8.85. The van der Waals surface area contributed by atoms with Gasteiger partial charge in [-0.1, -0.05) is 18.2 Å². The van der Waals surface area contributed by atoms with Gasteiger partial charge in [0.05, 0.1) is 22.5 Å². The van der Waals surface area contributed by atoms with E-state index >= 15 is 0 Å². The van der Waals surface area contributed by atoms with Gasteiger partial charge in [-0.05, 0) is 12.1 Å². The average Bonchev–Trinajstić information content (AvgIpc) is 2.54. The highest BCUT2D eigenvalue weighted by molar-refractivity contribution is 7.96. The molecule has 2 atom stereocenters. The van der Waals surface area contributed by atoms with Crippen LogP contribution in [0.2, 0.25) is 0 Å². The molecule has 0 saturated carbocycles. The lowest BCUT2D eigenvalue weighted by molar-refractivity contribution is 0.204. The third-order valence-corrected chi connectivity index (χ3v) is 6.88. The summed E-state index contributed by atoms with van der Waals surface area (Å²) in [7, 11) is -7.25. The fraction of sp³-hybridized carbons (Fsp3) is 0.400. The minimum atomic E-state index is -3.79. The standard InChI is InChI=1S/C10H12O5S2/c11-9-6-16(12,13)7-10(9)17(14,15)8-4-2-1-3-5-8/h1-5,9-11H,6-7H2/t9-,10+/m1/s1. The number of benzene rings is 1. The summed E-state index contributed by atoms with van der Waals surface area (Å²) in [6.07, 6.45) is -1.34. The van der Waals surface area contributed by atoms with Crippen molar-refractivity contribution in [1.82, 2.24) is 0 Å². The van der Waals surface area contributed by atoms with Crippen LogP contribution in [-0.4, -0.2) is 44.8 Å². The molecule has 1 N–H and O–H groups in total. The normalized spacial score (nSPS) is 28.1. The maximum absolute atomic E-state index is 12.1. The van der Waals surface area contributed by atoms with Crippen molar-refractivity contribution in [2.45, 2.75) is 16.2 Å². The third kappa shape index (κ3) is 2.36. The average molecular weight is 276 g/mol. The smallest absolute Gasteiger partial charge is 0.184 e. The molecule has 7 heteroatoms. The molecule has 1 aliphatic heterocycles. The lowest BCUT2D eigenvalue weighted by Gasteiger charge is -2.13. The first-order valence-corrected chi connectivity index (χ1v) is 8.37. The van der Waals surface area contributed by atoms with Crippen LogP contribution in [0.1, 0.15) is 0 Å². The molecule has 94 valence electrons. The molecule has 1 aliphatic rings. The van der Waals surface area contributed by atoms with E-state index < -0.39 is 42.5 Å². The van der Waals surface area contributed by atoms with Gasteiger partial charge in [0.2, 0.25) is 0 Å². The van der Waals surface area contributed by atoms with Crippen LogP contribution in [0, 0.1) is 0 Å². The largest absolute Gasteiger partial charge is 0.391 e. The van der Waals surface area contributed by atoms with Crippen LogP contribution in [0.25, 0.3) is 0 Å². The Bertz CT molecular complexity index is 603. The zero-order valence-corrected chi connectivity index (χ0v) is 10.5. The summed E-state index contributed by atoms with van der Waals surface area (Å²) in [5.41, 5.74) is 0. The fourth-order valence-corrected chi connectivity index (χ4v) is 6.35. The first-order chi connectivity index (χ1) is 7.83. The Balaban J connectivity index is 2.42. The van der Waals surface area contributed by atoms with E-state index in [1.807, 2.05) is 0 Å². The molecule has 1 aromatic rings. The van der Waals surface area contributed by atoms with Gasteiger partial charge in [-0.2, -0.15) is 0 Å². The van der Waals surface area contributed by atoms with Crippen molar-refractivity contribution in [3.63, 3.8) is 0 Å². The van der Waals surface area contributed by atoms with Crippen LogP contribution >= 0.6 is 0 Å². The van der Waals surface area contributed by atoms with E-state index in [0.717, 1.165) is 0 Å². The Hall–Kier alpha value is -0.920. The van der Waals surface area contributed by atoms with Gasteiger partial charge in [-0.25, -0.2) is 16.8 Å². The molecule has 2 rings (SSSR count). The van der Waals surface area contributed by atoms with E-state index in [0.29, 0.717) is 0 Å². The third-order valence-electron chi connectivity index (χ3n) is 2.74. The minimum Gasteiger partial charge on any atom is -0.391 e. The number of aliphatic hydroxyl groups is 1. The van der Waals surface area contributed by atoms with Crippen LogP contribution in [0.4, 0.5) is 0 Å². The van der Waals surface area contributed by atoms with Gasteiger partial charge in [0.1, 0.15) is 5.25 Å². The SMILES string of the molecule is O=S1(=O)C[C@@H](O)[C@@H](S(=O)(=O)c2ccccc2)C1. The summed E-state index contributed by atoms with van der Waals surface area (Å²) in [5, 5.41) is 8.31. The summed E-state index contributed by atoms with van der Waals surface area (Å²) in [4.78, 5) is 0.0427. The Labute approximate surface area is 99.9 Å². The quantitative estimate of drug-likeness (QED) is 0.795. The fourth-order valence-electron chi connectivity index (χ4n) is 1.88. The minimum absolute atomic E-state index is 0.0427. The number of aliphatic hydroxyl groups excluding tert-OH is 1. The van der Waals surface area contributed by atoms with Gasteiger partial charge in [-0.15, -0.1) is 0 Å². The predicted octanol–water partition coefficient (Wildman–Crippen LogP) is -0.382. The van der Waals surface area contributed by atoms with Crippen LogP contribution in [-0.2, 0) is 19.7 Å². The highest BCUT2D eigenvalue weighted by Gasteiger charge is 2.44. The van der Waals surface area contributed by atoms with Crippen molar-refractivity contribution < 1.29 is 21.9 Å². The first-order valence-electron chi connectivity index (χ1n) is 5.00. The molecule has 1 aromatic carbocycles. The molecule has 1 saturated heterocycles. The number of rotatable bonds is 2. The second-order valence-electron chi connectivity index (χ2n) is 4.04. The van der Waals surface area contributed by atoms with Gasteiger partial charge in [0.15, 0.2) is 19.7 Å². The lowest BCUT2D eigenvalue weighted by Crippen LogP contribution is -2.32. The number of hydrogen-bond donors (Lipinski definition) is 1. The molecule has 0 amide bonds.